The van der Waals surface area contributed by atoms with Crippen LogP contribution in [0.5, 0.6) is 5.88 Å². The lowest BCUT2D eigenvalue weighted by molar-refractivity contribution is 0.188. The maximum absolute atomic E-state index is 5.87. The Morgan fingerprint density at radius 1 is 1.35 bits per heavy atom. The van der Waals surface area contributed by atoms with Gasteiger partial charge in [0, 0.05) is 0 Å². The van der Waals surface area contributed by atoms with E-state index >= 15 is 0 Å². The van der Waals surface area contributed by atoms with Crippen molar-refractivity contribution >= 4 is 33.2 Å². The van der Waals surface area contributed by atoms with Gasteiger partial charge in [0.05, 0.1) is 11.5 Å². The molecule has 0 bridgehead atoms. The van der Waals surface area contributed by atoms with Gasteiger partial charge in [-0.25, -0.2) is 4.98 Å². The number of hydrogen-bond acceptors (Lipinski definition) is 4. The second-order valence-corrected chi connectivity index (χ2v) is 5.73. The fourth-order valence-electron chi connectivity index (χ4n) is 1.80. The number of rotatable bonds is 4. The third-order valence-corrected chi connectivity index (χ3v) is 3.35. The van der Waals surface area contributed by atoms with E-state index in [2.05, 4.69) is 23.8 Å². The third-order valence-electron chi connectivity index (χ3n) is 2.38. The molecule has 92 valence electrons. The van der Waals surface area contributed by atoms with Crippen LogP contribution in [-0.2, 0) is 0 Å². The summed E-state index contributed by atoms with van der Waals surface area (Å²) in [5.74, 6) is 1.19. The van der Waals surface area contributed by atoms with Crippen molar-refractivity contribution in [1.29, 1.82) is 0 Å². The zero-order valence-corrected chi connectivity index (χ0v) is 11.7. The lowest BCUT2D eigenvalue weighted by Crippen LogP contribution is -2.15. The summed E-state index contributed by atoms with van der Waals surface area (Å²) in [6.45, 7) is 6.40. The second-order valence-electron chi connectivity index (χ2n) is 4.50. The first-order chi connectivity index (χ1) is 8.06. The average Bonchev–Trinajstić information content (AvgIpc) is 2.63. The third kappa shape index (κ3) is 3.07. The molecule has 0 N–H and O–H groups in total. The van der Waals surface area contributed by atoms with Gasteiger partial charge in [0.15, 0.2) is 0 Å². The molecule has 0 aliphatic heterocycles. The van der Waals surface area contributed by atoms with Crippen LogP contribution in [0.4, 0.5) is 0 Å². The molecular formula is C12H15ClN2OS. The molecule has 17 heavy (non-hydrogen) atoms. The van der Waals surface area contributed by atoms with Crippen molar-refractivity contribution in [2.24, 2.45) is 5.92 Å². The molecule has 1 atom stereocenters. The van der Waals surface area contributed by atoms with E-state index in [-0.39, 0.29) is 11.4 Å². The number of nitrogens with zero attached hydrogens (tertiary/aromatic N) is 2. The lowest BCUT2D eigenvalue weighted by atomic mass is 10.1. The highest BCUT2D eigenvalue weighted by molar-refractivity contribution is 7.16. The summed E-state index contributed by atoms with van der Waals surface area (Å²) in [4.78, 5) is 9.19. The minimum atomic E-state index is 0.129. The van der Waals surface area contributed by atoms with E-state index in [0.29, 0.717) is 11.8 Å². The highest BCUT2D eigenvalue weighted by atomic mass is 35.5. The number of ether oxygens (including phenoxy) is 1. The molecule has 2 heterocycles. The Morgan fingerprint density at radius 2 is 2.12 bits per heavy atom. The van der Waals surface area contributed by atoms with E-state index in [4.69, 9.17) is 16.3 Å². The van der Waals surface area contributed by atoms with Crippen molar-refractivity contribution in [3.63, 3.8) is 0 Å². The standard InChI is InChI=1S/C12H15ClN2OS/c1-7(2)6-8(3)16-10-9-4-5-17-11(9)15-12(13)14-10/h4-5,7-8H,6H2,1-3H3. The van der Waals surface area contributed by atoms with Gasteiger partial charge in [-0.1, -0.05) is 13.8 Å². The van der Waals surface area contributed by atoms with Gasteiger partial charge >= 0.3 is 0 Å². The topological polar surface area (TPSA) is 35.0 Å². The molecule has 0 spiro atoms. The summed E-state index contributed by atoms with van der Waals surface area (Å²) in [5.41, 5.74) is 0. The van der Waals surface area contributed by atoms with Gasteiger partial charge < -0.3 is 4.74 Å². The highest BCUT2D eigenvalue weighted by Gasteiger charge is 2.13. The van der Waals surface area contributed by atoms with Gasteiger partial charge in [-0.05, 0) is 42.3 Å². The molecular weight excluding hydrogens is 256 g/mol. The minimum Gasteiger partial charge on any atom is -0.474 e. The summed E-state index contributed by atoms with van der Waals surface area (Å²) in [5, 5.41) is 3.15. The van der Waals surface area contributed by atoms with Crippen LogP contribution in [0.2, 0.25) is 5.28 Å². The van der Waals surface area contributed by atoms with Crippen LogP contribution in [0.15, 0.2) is 11.4 Å². The summed E-state index contributed by atoms with van der Waals surface area (Å²) in [6.07, 6.45) is 1.12. The molecule has 1 unspecified atom stereocenters. The minimum absolute atomic E-state index is 0.129. The molecule has 0 fully saturated rings. The first-order valence-electron chi connectivity index (χ1n) is 5.63. The normalized spacial score (nSPS) is 13.2. The largest absolute Gasteiger partial charge is 0.474 e. The molecule has 0 aliphatic carbocycles. The zero-order chi connectivity index (χ0) is 12.4. The van der Waals surface area contributed by atoms with Crippen molar-refractivity contribution < 1.29 is 4.74 Å². The Labute approximate surface area is 110 Å². The quantitative estimate of drug-likeness (QED) is 0.783. The van der Waals surface area contributed by atoms with Crippen LogP contribution in [0, 0.1) is 5.92 Å². The number of aromatic nitrogens is 2. The predicted molar refractivity (Wildman–Crippen MR) is 72.0 cm³/mol. The number of hydrogen-bond donors (Lipinski definition) is 0. The smallest absolute Gasteiger partial charge is 0.227 e. The Bertz CT molecular complexity index is 512. The van der Waals surface area contributed by atoms with Crippen LogP contribution >= 0.6 is 22.9 Å². The number of fused-ring (bicyclic) bond motifs is 1. The van der Waals surface area contributed by atoms with Crippen molar-refractivity contribution in [2.75, 3.05) is 0 Å². The Balaban J connectivity index is 2.25. The van der Waals surface area contributed by atoms with E-state index in [1.807, 2.05) is 18.4 Å². The second kappa shape index (κ2) is 5.19. The molecule has 0 radical (unpaired) electrons. The monoisotopic (exact) mass is 270 g/mol. The van der Waals surface area contributed by atoms with E-state index in [1.54, 1.807) is 11.3 Å². The van der Waals surface area contributed by atoms with E-state index in [9.17, 15) is 0 Å². The summed E-state index contributed by atoms with van der Waals surface area (Å²) in [6, 6.07) is 1.97. The molecule has 0 aliphatic rings. The lowest BCUT2D eigenvalue weighted by Gasteiger charge is -2.16. The highest BCUT2D eigenvalue weighted by Crippen LogP contribution is 2.29. The first-order valence-corrected chi connectivity index (χ1v) is 6.89. The fraction of sp³-hybridized carbons (Fsp3) is 0.500. The van der Waals surface area contributed by atoms with Gasteiger partial charge in [0.1, 0.15) is 4.83 Å². The van der Waals surface area contributed by atoms with Crippen LogP contribution in [-0.4, -0.2) is 16.1 Å². The van der Waals surface area contributed by atoms with Crippen LogP contribution in [0.25, 0.3) is 10.2 Å². The summed E-state index contributed by atoms with van der Waals surface area (Å²) in [7, 11) is 0. The van der Waals surface area contributed by atoms with Crippen LogP contribution in [0.3, 0.4) is 0 Å². The molecule has 2 aromatic rings. The molecule has 0 amide bonds. The molecule has 2 rings (SSSR count). The maximum atomic E-state index is 5.87. The Hall–Kier alpha value is -0.870. The SMILES string of the molecule is CC(C)CC(C)Oc1nc(Cl)nc2sccc12. The summed E-state index contributed by atoms with van der Waals surface area (Å²) >= 11 is 7.42. The van der Waals surface area contributed by atoms with Crippen LogP contribution < -0.4 is 4.74 Å². The van der Waals surface area contributed by atoms with Gasteiger partial charge in [-0.15, -0.1) is 11.3 Å². The Kier molecular flexibility index (Phi) is 3.84. The number of thiophene rings is 1. The van der Waals surface area contributed by atoms with Gasteiger partial charge in [-0.3, -0.25) is 0 Å². The number of halogens is 1. The van der Waals surface area contributed by atoms with Crippen molar-refractivity contribution in [1.82, 2.24) is 9.97 Å². The molecule has 0 saturated heterocycles. The zero-order valence-electron chi connectivity index (χ0n) is 10.1. The van der Waals surface area contributed by atoms with Crippen molar-refractivity contribution in [2.45, 2.75) is 33.3 Å². The van der Waals surface area contributed by atoms with E-state index in [1.165, 1.54) is 0 Å². The van der Waals surface area contributed by atoms with E-state index < -0.39 is 0 Å². The fourth-order valence-corrected chi connectivity index (χ4v) is 2.76. The first kappa shape index (κ1) is 12.6. The summed E-state index contributed by atoms with van der Waals surface area (Å²) < 4.78 is 5.85. The molecule has 5 heteroatoms. The predicted octanol–water partition coefficient (Wildman–Crippen LogP) is 4.16. The molecule has 0 aromatic carbocycles. The van der Waals surface area contributed by atoms with Crippen molar-refractivity contribution in [3.8, 4) is 5.88 Å². The Morgan fingerprint density at radius 3 is 2.82 bits per heavy atom. The van der Waals surface area contributed by atoms with Crippen molar-refractivity contribution in [3.05, 3.63) is 16.7 Å². The van der Waals surface area contributed by atoms with Gasteiger partial charge in [0.2, 0.25) is 11.2 Å². The van der Waals surface area contributed by atoms with Gasteiger partial charge in [0.25, 0.3) is 0 Å². The van der Waals surface area contributed by atoms with Crippen LogP contribution in [0.1, 0.15) is 27.2 Å². The molecule has 2 aromatic heterocycles. The van der Waals surface area contributed by atoms with E-state index in [0.717, 1.165) is 16.6 Å². The van der Waals surface area contributed by atoms with Gasteiger partial charge in [-0.2, -0.15) is 4.98 Å². The average molecular weight is 271 g/mol. The molecule has 0 saturated carbocycles. The molecule has 3 nitrogen and oxygen atoms in total. The maximum Gasteiger partial charge on any atom is 0.227 e.